The zero-order chi connectivity index (χ0) is 30.8. The average molecular weight is 605 g/mol. The Kier molecular flexibility index (Phi) is 13.7. The first-order valence-electron chi connectivity index (χ1n) is 18.3. The molecular formula is C36H64N2O5. The van der Waals surface area contributed by atoms with Crippen molar-refractivity contribution in [3.8, 4) is 0 Å². The Hall–Kier alpha value is -1.18. The van der Waals surface area contributed by atoms with Gasteiger partial charge in [0.1, 0.15) is 6.10 Å². The lowest BCUT2D eigenvalue weighted by atomic mass is 9.82. The second-order valence-corrected chi connectivity index (χ2v) is 15.7. The number of rotatable bonds is 16. The molecular weight excluding hydrogens is 540 g/mol. The molecule has 43 heavy (non-hydrogen) atoms. The number of carbonyl (C=O) groups is 2. The molecule has 4 aliphatic carbocycles. The summed E-state index contributed by atoms with van der Waals surface area (Å²) in [6.07, 6.45) is 18.7. The maximum atomic E-state index is 14.1. The molecule has 0 bridgehead atoms. The molecule has 0 spiro atoms. The van der Waals surface area contributed by atoms with E-state index in [-0.39, 0.29) is 24.2 Å². The van der Waals surface area contributed by atoms with Crippen LogP contribution in [0.4, 0.5) is 0 Å². The number of aliphatic hydroxyl groups is 3. The topological polar surface area (TPSA) is 110 Å². The smallest absolute Gasteiger partial charge is 0.223 e. The molecule has 4 atom stereocenters. The summed E-state index contributed by atoms with van der Waals surface area (Å²) in [5, 5.41) is 36.8. The molecule has 248 valence electrons. The van der Waals surface area contributed by atoms with Gasteiger partial charge in [-0.15, -0.1) is 0 Å². The van der Waals surface area contributed by atoms with Crippen molar-refractivity contribution in [2.24, 2.45) is 29.6 Å². The molecule has 7 nitrogen and oxygen atoms in total. The van der Waals surface area contributed by atoms with Crippen molar-refractivity contribution in [1.29, 1.82) is 0 Å². The standard InChI is InChI=1S/C36H64N2O5/c1-26(2)20-32(39)34(41)31(22-27-12-6-3-7-13-27)37-35(42)30(21-28-16-17-28)23-33(40)38(24-29-14-8-4-9-15-29)25-36(43)18-10-5-11-19-36/h26-32,34,39,41,43H,3-25H2,1-2H3,(H,37,42)/t30-,31+,32+,34-/m1/s1. The predicted molar refractivity (Wildman–Crippen MR) is 171 cm³/mol. The normalized spacial score (nSPS) is 24.7. The minimum absolute atomic E-state index is 0.00501. The van der Waals surface area contributed by atoms with E-state index in [0.29, 0.717) is 50.1 Å². The van der Waals surface area contributed by atoms with Crippen LogP contribution in [0.15, 0.2) is 0 Å². The van der Waals surface area contributed by atoms with Crippen LogP contribution in [0.3, 0.4) is 0 Å². The van der Waals surface area contributed by atoms with E-state index in [0.717, 1.165) is 70.6 Å². The van der Waals surface area contributed by atoms with E-state index in [4.69, 9.17) is 0 Å². The monoisotopic (exact) mass is 604 g/mol. The van der Waals surface area contributed by atoms with Gasteiger partial charge in [-0.05, 0) is 68.6 Å². The number of aliphatic hydroxyl groups excluding tert-OH is 2. The number of amides is 2. The third-order valence-electron chi connectivity index (χ3n) is 11.1. The van der Waals surface area contributed by atoms with Crippen molar-refractivity contribution in [2.45, 2.75) is 173 Å². The fraction of sp³-hybridized carbons (Fsp3) is 0.944. The first kappa shape index (κ1) is 34.7. The maximum Gasteiger partial charge on any atom is 0.223 e. The minimum Gasteiger partial charge on any atom is -0.390 e. The number of hydrogen-bond donors (Lipinski definition) is 4. The average Bonchev–Trinajstić information content (AvgIpc) is 3.81. The van der Waals surface area contributed by atoms with Gasteiger partial charge in [-0.25, -0.2) is 0 Å². The number of hydrogen-bond acceptors (Lipinski definition) is 5. The summed E-state index contributed by atoms with van der Waals surface area (Å²) in [6.45, 7) is 5.13. The second kappa shape index (κ2) is 16.9. The molecule has 0 aromatic rings. The highest BCUT2D eigenvalue weighted by molar-refractivity contribution is 5.86. The molecule has 2 amide bonds. The third-order valence-corrected chi connectivity index (χ3v) is 11.1. The van der Waals surface area contributed by atoms with E-state index in [9.17, 15) is 24.9 Å². The van der Waals surface area contributed by atoms with E-state index in [1.165, 1.54) is 38.5 Å². The van der Waals surface area contributed by atoms with Crippen LogP contribution in [0.2, 0.25) is 0 Å². The van der Waals surface area contributed by atoms with Gasteiger partial charge >= 0.3 is 0 Å². The highest BCUT2D eigenvalue weighted by Crippen LogP contribution is 2.38. The van der Waals surface area contributed by atoms with E-state index >= 15 is 0 Å². The van der Waals surface area contributed by atoms with Gasteiger partial charge in [-0.3, -0.25) is 9.59 Å². The molecule has 0 aliphatic heterocycles. The highest BCUT2D eigenvalue weighted by Gasteiger charge is 2.38. The molecule has 0 heterocycles. The molecule has 0 unspecified atom stereocenters. The van der Waals surface area contributed by atoms with E-state index < -0.39 is 29.8 Å². The van der Waals surface area contributed by atoms with Crippen molar-refractivity contribution in [2.75, 3.05) is 13.1 Å². The number of carbonyl (C=O) groups excluding carboxylic acids is 2. The number of nitrogens with zero attached hydrogens (tertiary/aromatic N) is 1. The van der Waals surface area contributed by atoms with Crippen molar-refractivity contribution in [1.82, 2.24) is 10.2 Å². The van der Waals surface area contributed by atoms with Crippen LogP contribution in [0.5, 0.6) is 0 Å². The van der Waals surface area contributed by atoms with Crippen molar-refractivity contribution in [3.63, 3.8) is 0 Å². The van der Waals surface area contributed by atoms with Crippen LogP contribution in [-0.2, 0) is 9.59 Å². The lowest BCUT2D eigenvalue weighted by Gasteiger charge is -2.39. The third kappa shape index (κ3) is 11.6. The molecule has 0 radical (unpaired) electrons. The molecule has 4 aliphatic rings. The van der Waals surface area contributed by atoms with Crippen LogP contribution in [0.25, 0.3) is 0 Å². The van der Waals surface area contributed by atoms with Crippen LogP contribution < -0.4 is 5.32 Å². The van der Waals surface area contributed by atoms with Crippen molar-refractivity contribution in [3.05, 3.63) is 0 Å². The molecule has 0 aromatic heterocycles. The molecule has 4 N–H and O–H groups in total. The quantitative estimate of drug-likeness (QED) is 0.170. The van der Waals surface area contributed by atoms with E-state index in [1.54, 1.807) is 0 Å². The van der Waals surface area contributed by atoms with Gasteiger partial charge in [0.2, 0.25) is 11.8 Å². The van der Waals surface area contributed by atoms with Crippen molar-refractivity contribution < 1.29 is 24.9 Å². The zero-order valence-corrected chi connectivity index (χ0v) is 27.5. The largest absolute Gasteiger partial charge is 0.390 e. The van der Waals surface area contributed by atoms with Gasteiger partial charge < -0.3 is 25.5 Å². The Morgan fingerprint density at radius 2 is 1.35 bits per heavy atom. The zero-order valence-electron chi connectivity index (χ0n) is 27.5. The summed E-state index contributed by atoms with van der Waals surface area (Å²) in [7, 11) is 0. The summed E-state index contributed by atoms with van der Waals surface area (Å²) in [4.78, 5) is 30.0. The first-order chi connectivity index (χ1) is 20.6. The van der Waals surface area contributed by atoms with Crippen LogP contribution in [-0.4, -0.2) is 69.0 Å². The predicted octanol–water partition coefficient (Wildman–Crippen LogP) is 6.12. The lowest BCUT2D eigenvalue weighted by molar-refractivity contribution is -0.141. The lowest BCUT2D eigenvalue weighted by Crippen LogP contribution is -2.52. The second-order valence-electron chi connectivity index (χ2n) is 15.7. The Labute approximate surface area is 262 Å². The van der Waals surface area contributed by atoms with E-state index in [2.05, 4.69) is 5.32 Å². The van der Waals surface area contributed by atoms with Gasteiger partial charge in [0, 0.05) is 25.4 Å². The summed E-state index contributed by atoms with van der Waals surface area (Å²) < 4.78 is 0. The maximum absolute atomic E-state index is 14.1. The van der Waals surface area contributed by atoms with Crippen LogP contribution >= 0.6 is 0 Å². The SMILES string of the molecule is CC(C)C[C@H](O)[C@H](O)[C@H](CC1CCCCC1)NC(=O)[C@@H](CC(=O)N(CC1CCCCC1)CC1(O)CCCCC1)CC1CC1. The highest BCUT2D eigenvalue weighted by atomic mass is 16.3. The van der Waals surface area contributed by atoms with Gasteiger partial charge in [-0.2, -0.15) is 0 Å². The summed E-state index contributed by atoms with van der Waals surface area (Å²) in [5.41, 5.74) is -0.821. The summed E-state index contributed by atoms with van der Waals surface area (Å²) >= 11 is 0. The minimum atomic E-state index is -1.02. The molecule has 4 rings (SSSR count). The van der Waals surface area contributed by atoms with Crippen molar-refractivity contribution >= 4 is 11.8 Å². The summed E-state index contributed by atoms with van der Waals surface area (Å²) in [6, 6.07) is -0.512. The molecule has 4 saturated carbocycles. The summed E-state index contributed by atoms with van der Waals surface area (Å²) in [5.74, 6) is 1.03. The fourth-order valence-corrected chi connectivity index (χ4v) is 8.29. The molecule has 0 aromatic carbocycles. The molecule has 7 heteroatoms. The first-order valence-corrected chi connectivity index (χ1v) is 18.3. The Bertz CT molecular complexity index is 843. The Balaban J connectivity index is 1.46. The van der Waals surface area contributed by atoms with Gasteiger partial charge in [-0.1, -0.05) is 97.3 Å². The fourth-order valence-electron chi connectivity index (χ4n) is 8.29. The van der Waals surface area contributed by atoms with E-state index in [1.807, 2.05) is 18.7 Å². The Morgan fingerprint density at radius 3 is 1.93 bits per heavy atom. The van der Waals surface area contributed by atoms with Gasteiger partial charge in [0.15, 0.2) is 0 Å². The number of nitrogens with one attached hydrogen (secondary N) is 1. The molecule has 0 saturated heterocycles. The van der Waals surface area contributed by atoms with Gasteiger partial charge in [0.25, 0.3) is 0 Å². The van der Waals surface area contributed by atoms with Crippen LogP contribution in [0.1, 0.15) is 149 Å². The van der Waals surface area contributed by atoms with Gasteiger partial charge in [0.05, 0.1) is 17.7 Å². The Morgan fingerprint density at radius 1 is 0.791 bits per heavy atom. The molecule has 4 fully saturated rings. The van der Waals surface area contributed by atoms with Crippen LogP contribution in [0, 0.1) is 29.6 Å².